The van der Waals surface area contributed by atoms with Gasteiger partial charge in [0.15, 0.2) is 0 Å². The second-order valence-corrected chi connectivity index (χ2v) is 12.3. The van der Waals surface area contributed by atoms with Crippen LogP contribution in [0.25, 0.3) is 0 Å². The van der Waals surface area contributed by atoms with Crippen LogP contribution < -0.4 is 10.2 Å². The van der Waals surface area contributed by atoms with E-state index in [9.17, 15) is 9.18 Å². The molecule has 0 bridgehead atoms. The second kappa shape index (κ2) is 17.4. The molecule has 1 saturated carbocycles. The number of hydrogen-bond donors (Lipinski definition) is 1. The normalized spacial score (nSPS) is 15.5. The molecule has 2 aromatic carbocycles. The molecular formula is C29H39Cl2FN4O3S2. The molecule has 0 unspecified atom stereocenters. The van der Waals surface area contributed by atoms with E-state index < -0.39 is 11.7 Å². The molecule has 2 aromatic rings. The zero-order valence-electron chi connectivity index (χ0n) is 23.9. The highest BCUT2D eigenvalue weighted by atomic mass is 35.5. The first kappa shape index (κ1) is 35.5. The van der Waals surface area contributed by atoms with Crippen LogP contribution in [-0.2, 0) is 10.7 Å². The van der Waals surface area contributed by atoms with Crippen molar-refractivity contribution in [1.82, 2.24) is 14.7 Å². The third-order valence-electron chi connectivity index (χ3n) is 6.58. The number of ether oxygens (including phenoxy) is 1. The number of rotatable bonds is 10. The van der Waals surface area contributed by atoms with Crippen molar-refractivity contribution in [1.29, 1.82) is 5.26 Å². The molecule has 41 heavy (non-hydrogen) atoms. The zero-order chi connectivity index (χ0) is 29.2. The second-order valence-electron chi connectivity index (χ2n) is 10.4. The maximum Gasteiger partial charge on any atom is 0.269 e. The fourth-order valence-electron chi connectivity index (χ4n) is 4.40. The van der Waals surface area contributed by atoms with Crippen LogP contribution in [0.4, 0.5) is 4.39 Å². The Morgan fingerprint density at radius 2 is 1.78 bits per heavy atom. The van der Waals surface area contributed by atoms with Crippen molar-refractivity contribution in [2.75, 3.05) is 33.9 Å². The summed E-state index contributed by atoms with van der Waals surface area (Å²) in [4.78, 5) is 14.9. The number of carbonyl (C=O) groups is 1. The molecule has 0 spiro atoms. The Morgan fingerprint density at radius 3 is 2.32 bits per heavy atom. The highest BCUT2D eigenvalue weighted by Gasteiger charge is 2.30. The van der Waals surface area contributed by atoms with Gasteiger partial charge in [-0.15, -0.1) is 4.41 Å². The first-order valence-electron chi connectivity index (χ1n) is 13.4. The third-order valence-corrected chi connectivity index (χ3v) is 7.48. The molecule has 7 nitrogen and oxygen atoms in total. The number of hydrazine groups is 1. The number of nitriles is 1. The lowest BCUT2D eigenvalue weighted by Crippen LogP contribution is -2.35. The van der Waals surface area contributed by atoms with Crippen LogP contribution in [0, 0.1) is 29.0 Å². The van der Waals surface area contributed by atoms with Gasteiger partial charge in [0.25, 0.3) is 5.91 Å². The number of piperidine rings is 1. The lowest BCUT2D eigenvalue weighted by atomic mass is 9.97. The molecule has 1 heterocycles. The van der Waals surface area contributed by atoms with Crippen molar-refractivity contribution < 1.29 is 18.1 Å². The summed E-state index contributed by atoms with van der Waals surface area (Å²) >= 11 is 13.2. The monoisotopic (exact) mass is 644 g/mol. The summed E-state index contributed by atoms with van der Waals surface area (Å²) in [6, 6.07) is 10.7. The first-order valence-corrected chi connectivity index (χ1v) is 14.8. The van der Waals surface area contributed by atoms with Crippen molar-refractivity contribution in [3.05, 3.63) is 62.9 Å². The molecule has 1 aliphatic carbocycles. The van der Waals surface area contributed by atoms with Gasteiger partial charge in [-0.3, -0.25) is 15.1 Å². The number of likely N-dealkylation sites (tertiary alicyclic amines) is 1. The fourth-order valence-corrected chi connectivity index (χ4v) is 5.31. The quantitative estimate of drug-likeness (QED) is 0.164. The topological polar surface area (TPSA) is 77.8 Å². The van der Waals surface area contributed by atoms with Crippen molar-refractivity contribution in [2.45, 2.75) is 52.0 Å². The van der Waals surface area contributed by atoms with Crippen LogP contribution in [0.2, 0.25) is 10.0 Å². The summed E-state index contributed by atoms with van der Waals surface area (Å²) in [5.74, 6) is 0.345. The Hall–Kier alpha value is -1.71. The number of hydrogen-bond acceptors (Lipinski definition) is 7. The van der Waals surface area contributed by atoms with Crippen molar-refractivity contribution in [3.63, 3.8) is 0 Å². The maximum absolute atomic E-state index is 14.9. The van der Waals surface area contributed by atoms with Gasteiger partial charge in [0, 0.05) is 35.6 Å². The largest absolute Gasteiger partial charge is 0.493 e. The van der Waals surface area contributed by atoms with Gasteiger partial charge < -0.3 is 8.92 Å². The standard InChI is InChI=1S/C25H30Cl2FN3O3S.C4H7N.H2S/c1-30(35-33-2)29-25(32)22-12-21(18-3-4-18)24(13-23(22)28)34-15-16-5-7-31(8-6-16)14-17-9-19(26)11-20(27)10-17;1-4(2)3-5;/h9-13,16,18H,3-8,14-15H2,1-2H3,(H,29,32);4H,1-2H3;1H2. The maximum atomic E-state index is 14.9. The molecule has 0 radical (unpaired) electrons. The first-order chi connectivity index (χ1) is 19.1. The third kappa shape index (κ3) is 11.8. The lowest BCUT2D eigenvalue weighted by Gasteiger charge is -2.32. The summed E-state index contributed by atoms with van der Waals surface area (Å²) in [6.07, 6.45) is 4.04. The van der Waals surface area contributed by atoms with Crippen molar-refractivity contribution in [3.8, 4) is 11.8 Å². The average Bonchev–Trinajstić information content (AvgIpc) is 3.73. The van der Waals surface area contributed by atoms with E-state index in [0.29, 0.717) is 34.2 Å². The van der Waals surface area contributed by atoms with Crippen LogP contribution in [0.1, 0.15) is 66.9 Å². The summed E-state index contributed by atoms with van der Waals surface area (Å²) in [7, 11) is 3.11. The molecule has 12 heteroatoms. The molecule has 1 saturated heterocycles. The number of benzene rings is 2. The SMILES string of the molecule is CC(C)C#N.COSN(C)NC(=O)c1cc(C2CC2)c(OCC2CCN(Cc3cc(Cl)cc(Cl)c3)CC2)cc1F.S. The number of amides is 1. The lowest BCUT2D eigenvalue weighted by molar-refractivity contribution is 0.0892. The molecule has 4 rings (SSSR count). The number of nitrogens with one attached hydrogen (secondary N) is 1. The molecule has 0 aromatic heterocycles. The molecule has 2 fully saturated rings. The summed E-state index contributed by atoms with van der Waals surface area (Å²) < 4.78 is 27.3. The van der Waals surface area contributed by atoms with Crippen LogP contribution in [0.5, 0.6) is 5.75 Å². The Balaban J connectivity index is 0.000000902. The Bertz CT molecular complexity index is 1170. The molecule has 226 valence electrons. The zero-order valence-corrected chi connectivity index (χ0v) is 27.2. The summed E-state index contributed by atoms with van der Waals surface area (Å²) in [5, 5.41) is 9.20. The van der Waals surface area contributed by atoms with Gasteiger partial charge in [-0.2, -0.15) is 18.8 Å². The van der Waals surface area contributed by atoms with Gasteiger partial charge in [0.05, 0.1) is 25.3 Å². The van der Waals surface area contributed by atoms with Crippen LogP contribution in [-0.4, -0.2) is 49.1 Å². The summed E-state index contributed by atoms with van der Waals surface area (Å²) in [6.45, 7) is 6.98. The Kier molecular flexibility index (Phi) is 15.1. The molecule has 1 amide bonds. The van der Waals surface area contributed by atoms with E-state index in [1.165, 1.54) is 17.6 Å². The predicted octanol–water partition coefficient (Wildman–Crippen LogP) is 7.37. The van der Waals surface area contributed by atoms with Gasteiger partial charge in [-0.1, -0.05) is 23.2 Å². The van der Waals surface area contributed by atoms with E-state index in [4.69, 9.17) is 37.4 Å². The van der Waals surface area contributed by atoms with E-state index in [1.807, 2.05) is 32.0 Å². The molecule has 0 atom stereocenters. The van der Waals surface area contributed by atoms with Gasteiger partial charge in [0.2, 0.25) is 0 Å². The number of nitrogens with zero attached hydrogens (tertiary/aromatic N) is 3. The van der Waals surface area contributed by atoms with Gasteiger partial charge in [0.1, 0.15) is 23.8 Å². The van der Waals surface area contributed by atoms with Crippen LogP contribution >= 0.6 is 48.9 Å². The Morgan fingerprint density at radius 1 is 1.17 bits per heavy atom. The van der Waals surface area contributed by atoms with Crippen LogP contribution in [0.3, 0.4) is 0 Å². The predicted molar refractivity (Wildman–Crippen MR) is 169 cm³/mol. The summed E-state index contributed by atoms with van der Waals surface area (Å²) in [5.41, 5.74) is 4.62. The molecule has 2 aliphatic rings. The molecule has 1 N–H and O–H groups in total. The van der Waals surface area contributed by atoms with E-state index in [0.717, 1.165) is 68.7 Å². The Labute approximate surface area is 264 Å². The highest BCUT2D eigenvalue weighted by molar-refractivity contribution is 7.92. The van der Waals surface area contributed by atoms with Crippen LogP contribution in [0.15, 0.2) is 30.3 Å². The van der Waals surface area contributed by atoms with E-state index >= 15 is 0 Å². The average molecular weight is 646 g/mol. The minimum absolute atomic E-state index is 0. The molecular weight excluding hydrogens is 606 g/mol. The fraction of sp³-hybridized carbons (Fsp3) is 0.517. The van der Waals surface area contributed by atoms with E-state index in [-0.39, 0.29) is 25.0 Å². The smallest absolute Gasteiger partial charge is 0.269 e. The highest BCUT2D eigenvalue weighted by Crippen LogP contribution is 2.45. The van der Waals surface area contributed by atoms with Gasteiger partial charge >= 0.3 is 0 Å². The van der Waals surface area contributed by atoms with Crippen molar-refractivity contribution >= 4 is 54.8 Å². The van der Waals surface area contributed by atoms with E-state index in [1.54, 1.807) is 19.2 Å². The van der Waals surface area contributed by atoms with Gasteiger partial charge in [-0.25, -0.2) is 4.39 Å². The number of halogens is 3. The van der Waals surface area contributed by atoms with E-state index in [2.05, 4.69) is 10.3 Å². The molecule has 1 aliphatic heterocycles. The van der Waals surface area contributed by atoms with Crippen molar-refractivity contribution in [2.24, 2.45) is 11.8 Å². The minimum atomic E-state index is -0.590. The number of carbonyl (C=O) groups excluding carboxylic acids is 1. The minimum Gasteiger partial charge on any atom is -0.493 e. The van der Waals surface area contributed by atoms with Gasteiger partial charge in [-0.05, 0) is 99.8 Å².